The molecule has 17 heavy (non-hydrogen) atoms. The van der Waals surface area contributed by atoms with Crippen molar-refractivity contribution in [1.82, 2.24) is 9.96 Å². The smallest absolute Gasteiger partial charge is 0.433 e. The van der Waals surface area contributed by atoms with Crippen LogP contribution in [0.2, 0.25) is 0 Å². The lowest BCUT2D eigenvalue weighted by Gasteiger charge is -2.23. The maximum absolute atomic E-state index is 11.2. The largest absolute Gasteiger partial charge is 0.527 e. The van der Waals surface area contributed by atoms with Crippen LogP contribution < -0.4 is 0 Å². The van der Waals surface area contributed by atoms with Crippen molar-refractivity contribution in [2.75, 3.05) is 26.2 Å². The Bertz CT molecular complexity index is 310. The van der Waals surface area contributed by atoms with Gasteiger partial charge in [0.05, 0.1) is 13.2 Å². The third-order valence-electron chi connectivity index (χ3n) is 4.26. The number of hydrogen-bond acceptors (Lipinski definition) is 5. The number of hydrogen-bond donors (Lipinski definition) is 0. The average molecular weight is 240 g/mol. The number of hydroxylamine groups is 2. The molecule has 3 saturated heterocycles. The molecule has 3 atom stereocenters. The molecular weight excluding hydrogens is 220 g/mol. The van der Waals surface area contributed by atoms with Gasteiger partial charge in [-0.05, 0) is 38.6 Å². The lowest BCUT2D eigenvalue weighted by atomic mass is 10.0. The van der Waals surface area contributed by atoms with E-state index in [-0.39, 0.29) is 0 Å². The first-order chi connectivity index (χ1) is 8.28. The molecule has 3 unspecified atom stereocenters. The van der Waals surface area contributed by atoms with Crippen LogP contribution in [0.5, 0.6) is 0 Å². The molecule has 0 spiro atoms. The van der Waals surface area contributed by atoms with Crippen molar-refractivity contribution in [3.8, 4) is 0 Å². The fraction of sp³-hybridized carbons (Fsp3) is 0.917. The van der Waals surface area contributed by atoms with Crippen molar-refractivity contribution in [2.24, 2.45) is 5.92 Å². The summed E-state index contributed by atoms with van der Waals surface area (Å²) in [6, 6.07) is 1.40. The van der Waals surface area contributed by atoms with Gasteiger partial charge >= 0.3 is 6.16 Å². The van der Waals surface area contributed by atoms with Crippen molar-refractivity contribution in [2.45, 2.75) is 38.3 Å². The lowest BCUT2D eigenvalue weighted by Crippen LogP contribution is -2.37. The van der Waals surface area contributed by atoms with E-state index < -0.39 is 6.16 Å². The molecule has 0 bridgehead atoms. The van der Waals surface area contributed by atoms with E-state index in [2.05, 4.69) is 4.90 Å². The van der Waals surface area contributed by atoms with Crippen LogP contribution in [-0.2, 0) is 9.57 Å². The Kier molecular flexibility index (Phi) is 2.96. The van der Waals surface area contributed by atoms with Crippen molar-refractivity contribution in [3.63, 3.8) is 0 Å². The summed E-state index contributed by atoms with van der Waals surface area (Å²) in [5.74, 6) is 0.676. The van der Waals surface area contributed by atoms with E-state index in [0.29, 0.717) is 18.6 Å². The van der Waals surface area contributed by atoms with Crippen LogP contribution in [0.15, 0.2) is 0 Å². The van der Waals surface area contributed by atoms with Crippen molar-refractivity contribution < 1.29 is 14.4 Å². The van der Waals surface area contributed by atoms with Crippen LogP contribution in [0.4, 0.5) is 4.79 Å². The van der Waals surface area contributed by atoms with Crippen molar-refractivity contribution >= 4 is 6.16 Å². The molecule has 3 rings (SSSR count). The average Bonchev–Trinajstić information content (AvgIpc) is 2.89. The van der Waals surface area contributed by atoms with Gasteiger partial charge in [-0.15, -0.1) is 5.06 Å². The van der Waals surface area contributed by atoms with Gasteiger partial charge in [-0.2, -0.15) is 0 Å². The van der Waals surface area contributed by atoms with Gasteiger partial charge < -0.3 is 9.57 Å². The Labute approximate surface area is 102 Å². The molecule has 96 valence electrons. The van der Waals surface area contributed by atoms with E-state index in [1.807, 2.05) is 0 Å². The zero-order valence-electron chi connectivity index (χ0n) is 10.3. The number of fused-ring (bicyclic) bond motifs is 3. The number of nitrogens with zero attached hydrogens (tertiary/aromatic N) is 2. The fourth-order valence-corrected chi connectivity index (χ4v) is 3.64. The highest BCUT2D eigenvalue weighted by molar-refractivity contribution is 5.59. The molecule has 0 saturated carbocycles. The van der Waals surface area contributed by atoms with Crippen LogP contribution in [0.1, 0.15) is 26.2 Å². The minimum atomic E-state index is -0.564. The fourth-order valence-electron chi connectivity index (χ4n) is 3.64. The van der Waals surface area contributed by atoms with Crippen molar-refractivity contribution in [3.05, 3.63) is 0 Å². The maximum atomic E-state index is 11.2. The standard InChI is InChI=1S/C12H20N2O3/c1-2-16-12(15)17-13-7-9-6-10-4-3-5-14(10)11(9)8-13/h9-11H,2-8H2,1H3. The van der Waals surface area contributed by atoms with Gasteiger partial charge in [0, 0.05) is 18.6 Å². The molecule has 0 amide bonds. The summed E-state index contributed by atoms with van der Waals surface area (Å²) >= 11 is 0. The van der Waals surface area contributed by atoms with Crippen LogP contribution in [0.3, 0.4) is 0 Å². The maximum Gasteiger partial charge on any atom is 0.527 e. The SMILES string of the molecule is CCOC(=O)ON1CC2CC3CCCN3C2C1. The molecule has 0 aromatic rings. The summed E-state index contributed by atoms with van der Waals surface area (Å²) in [7, 11) is 0. The zero-order chi connectivity index (χ0) is 11.8. The second kappa shape index (κ2) is 4.46. The van der Waals surface area contributed by atoms with Gasteiger partial charge in [-0.25, -0.2) is 4.79 Å². The van der Waals surface area contributed by atoms with Crippen LogP contribution in [0.25, 0.3) is 0 Å². The number of carbonyl (C=O) groups is 1. The first kappa shape index (κ1) is 11.3. The third kappa shape index (κ3) is 2.02. The van der Waals surface area contributed by atoms with Crippen LogP contribution >= 0.6 is 0 Å². The molecule has 3 aliphatic rings. The molecule has 5 heteroatoms. The first-order valence-corrected chi connectivity index (χ1v) is 6.63. The Morgan fingerprint density at radius 2 is 2.29 bits per heavy atom. The molecule has 3 heterocycles. The summed E-state index contributed by atoms with van der Waals surface area (Å²) in [6.07, 6.45) is 3.39. The second-order valence-electron chi connectivity index (χ2n) is 5.22. The monoisotopic (exact) mass is 240 g/mol. The highest BCUT2D eigenvalue weighted by Gasteiger charge is 2.48. The van der Waals surface area contributed by atoms with Gasteiger partial charge in [0.2, 0.25) is 0 Å². The summed E-state index contributed by atoms with van der Waals surface area (Å²) in [5.41, 5.74) is 0. The quantitative estimate of drug-likeness (QED) is 0.679. The Morgan fingerprint density at radius 3 is 3.12 bits per heavy atom. The Morgan fingerprint density at radius 1 is 1.41 bits per heavy atom. The predicted octanol–water partition coefficient (Wildman–Crippen LogP) is 1.24. The van der Waals surface area contributed by atoms with E-state index in [1.165, 1.54) is 25.8 Å². The van der Waals surface area contributed by atoms with Gasteiger partial charge in [-0.1, -0.05) is 0 Å². The number of rotatable bonds is 2. The molecule has 0 aromatic heterocycles. The van der Waals surface area contributed by atoms with Gasteiger partial charge in [0.25, 0.3) is 0 Å². The normalized spacial score (nSPS) is 36.9. The van der Waals surface area contributed by atoms with E-state index >= 15 is 0 Å². The second-order valence-corrected chi connectivity index (χ2v) is 5.22. The van der Waals surface area contributed by atoms with Crippen LogP contribution in [-0.4, -0.2) is 54.4 Å². The number of carbonyl (C=O) groups excluding carboxylic acids is 1. The van der Waals surface area contributed by atoms with Crippen LogP contribution in [0, 0.1) is 5.92 Å². The molecule has 3 fully saturated rings. The first-order valence-electron chi connectivity index (χ1n) is 6.63. The Balaban J connectivity index is 1.55. The lowest BCUT2D eigenvalue weighted by molar-refractivity contribution is -0.118. The predicted molar refractivity (Wildman–Crippen MR) is 61.3 cm³/mol. The third-order valence-corrected chi connectivity index (χ3v) is 4.26. The molecule has 0 aromatic carbocycles. The van der Waals surface area contributed by atoms with E-state index in [9.17, 15) is 4.79 Å². The summed E-state index contributed by atoms with van der Waals surface area (Å²) < 4.78 is 4.80. The topological polar surface area (TPSA) is 42.0 Å². The minimum Gasteiger partial charge on any atom is -0.433 e. The highest BCUT2D eigenvalue weighted by atomic mass is 16.8. The molecule has 3 aliphatic heterocycles. The van der Waals surface area contributed by atoms with Gasteiger partial charge in [-0.3, -0.25) is 4.90 Å². The van der Waals surface area contributed by atoms with E-state index in [0.717, 1.165) is 19.1 Å². The number of ether oxygens (including phenoxy) is 1. The van der Waals surface area contributed by atoms with Gasteiger partial charge in [0.15, 0.2) is 0 Å². The van der Waals surface area contributed by atoms with E-state index in [4.69, 9.17) is 9.57 Å². The zero-order valence-corrected chi connectivity index (χ0v) is 10.3. The summed E-state index contributed by atoms with van der Waals surface area (Å²) in [5, 5.41) is 1.78. The Hall–Kier alpha value is -0.810. The minimum absolute atomic E-state index is 0.369. The van der Waals surface area contributed by atoms with Gasteiger partial charge in [0.1, 0.15) is 0 Å². The van der Waals surface area contributed by atoms with E-state index in [1.54, 1.807) is 12.0 Å². The van der Waals surface area contributed by atoms with Crippen molar-refractivity contribution in [1.29, 1.82) is 0 Å². The summed E-state index contributed by atoms with van der Waals surface area (Å²) in [6.45, 7) is 5.10. The summed E-state index contributed by atoms with van der Waals surface area (Å²) in [4.78, 5) is 19.0. The molecule has 5 nitrogen and oxygen atoms in total. The molecule has 0 aliphatic carbocycles. The molecular formula is C12H20N2O3. The molecule has 0 radical (unpaired) electrons. The highest BCUT2D eigenvalue weighted by Crippen LogP contribution is 2.40. The molecule has 0 N–H and O–H groups in total.